The van der Waals surface area contributed by atoms with Gasteiger partial charge in [-0.1, -0.05) is 66.7 Å². The molecule has 0 aliphatic carbocycles. The molecule has 0 radical (unpaired) electrons. The van der Waals surface area contributed by atoms with Crippen molar-refractivity contribution in [1.82, 2.24) is 5.32 Å². The van der Waals surface area contributed by atoms with Crippen LogP contribution in [0.3, 0.4) is 0 Å². The minimum Gasteiger partial charge on any atom is -0.497 e. The maximum Gasteiger partial charge on any atom is 0.319 e. The number of urea groups is 1. The van der Waals surface area contributed by atoms with Crippen LogP contribution in [0.2, 0.25) is 0 Å². The summed E-state index contributed by atoms with van der Waals surface area (Å²) in [5.74, 6) is 0.200. The highest BCUT2D eigenvalue weighted by atomic mass is 32.2. The summed E-state index contributed by atoms with van der Waals surface area (Å²) < 4.78 is 30.0. The van der Waals surface area contributed by atoms with Crippen molar-refractivity contribution in [3.8, 4) is 16.9 Å². The van der Waals surface area contributed by atoms with Gasteiger partial charge in [0.2, 0.25) is 5.91 Å². The van der Waals surface area contributed by atoms with E-state index in [1.54, 1.807) is 73.8 Å². The van der Waals surface area contributed by atoms with Crippen molar-refractivity contribution in [1.29, 1.82) is 0 Å². The Kier molecular flexibility index (Phi) is 8.63. The number of benzene rings is 4. The van der Waals surface area contributed by atoms with Crippen LogP contribution in [0.4, 0.5) is 16.2 Å². The van der Waals surface area contributed by atoms with Gasteiger partial charge < -0.3 is 20.7 Å². The van der Waals surface area contributed by atoms with E-state index in [4.69, 9.17) is 4.74 Å². The zero-order valence-corrected chi connectivity index (χ0v) is 22.4. The minimum absolute atomic E-state index is 0.157. The molecule has 0 saturated carbocycles. The highest BCUT2D eigenvalue weighted by molar-refractivity contribution is 7.90. The highest BCUT2D eigenvalue weighted by Gasteiger charge is 2.24. The SMILES string of the molecule is COc1ccc(NC(=O)N[C@H](Cc2ccccc2)C(=O)Nc2ccccc2-c2ccccc2S(C)(=O)=O)cc1. The molecule has 8 nitrogen and oxygen atoms in total. The number of sulfone groups is 1. The number of carbonyl (C=O) groups excluding carboxylic acids is 2. The first-order valence-electron chi connectivity index (χ1n) is 12.2. The van der Waals surface area contributed by atoms with E-state index in [1.807, 2.05) is 30.3 Å². The summed E-state index contributed by atoms with van der Waals surface area (Å²) in [6.45, 7) is 0. The Bertz CT molecular complexity index is 1560. The van der Waals surface area contributed by atoms with E-state index in [9.17, 15) is 18.0 Å². The van der Waals surface area contributed by atoms with Crippen LogP contribution in [0.1, 0.15) is 5.56 Å². The average Bonchev–Trinajstić information content (AvgIpc) is 2.93. The number of ether oxygens (including phenoxy) is 1. The monoisotopic (exact) mass is 543 g/mol. The topological polar surface area (TPSA) is 114 Å². The Balaban J connectivity index is 1.59. The number of para-hydroxylation sites is 1. The van der Waals surface area contributed by atoms with Gasteiger partial charge in [-0.15, -0.1) is 0 Å². The van der Waals surface area contributed by atoms with Gasteiger partial charge in [0.25, 0.3) is 0 Å². The highest BCUT2D eigenvalue weighted by Crippen LogP contribution is 2.33. The third kappa shape index (κ3) is 7.24. The molecule has 0 aromatic heterocycles. The van der Waals surface area contributed by atoms with Crippen LogP contribution in [-0.2, 0) is 21.1 Å². The smallest absolute Gasteiger partial charge is 0.319 e. The summed E-state index contributed by atoms with van der Waals surface area (Å²) in [7, 11) is -1.96. The lowest BCUT2D eigenvalue weighted by molar-refractivity contribution is -0.117. The van der Waals surface area contributed by atoms with E-state index >= 15 is 0 Å². The van der Waals surface area contributed by atoms with Gasteiger partial charge in [0.1, 0.15) is 11.8 Å². The maximum absolute atomic E-state index is 13.6. The molecule has 0 heterocycles. The molecule has 0 aliphatic heterocycles. The van der Waals surface area contributed by atoms with Crippen LogP contribution in [0.15, 0.2) is 108 Å². The van der Waals surface area contributed by atoms with Gasteiger partial charge in [0.05, 0.1) is 12.0 Å². The molecule has 200 valence electrons. The molecule has 1 atom stereocenters. The van der Waals surface area contributed by atoms with Crippen LogP contribution in [0.5, 0.6) is 5.75 Å². The predicted octanol–water partition coefficient (Wildman–Crippen LogP) is 5.14. The van der Waals surface area contributed by atoms with Gasteiger partial charge in [-0.05, 0) is 42.0 Å². The zero-order valence-electron chi connectivity index (χ0n) is 21.5. The van der Waals surface area contributed by atoms with Crippen LogP contribution in [0, 0.1) is 0 Å². The van der Waals surface area contributed by atoms with Gasteiger partial charge in [-0.2, -0.15) is 0 Å². The lowest BCUT2D eigenvalue weighted by Gasteiger charge is -2.21. The minimum atomic E-state index is -3.52. The molecular formula is C30H29N3O5S. The molecule has 4 aromatic rings. The maximum atomic E-state index is 13.6. The molecule has 0 bridgehead atoms. The summed E-state index contributed by atoms with van der Waals surface area (Å²) >= 11 is 0. The molecule has 0 spiro atoms. The number of amides is 3. The van der Waals surface area contributed by atoms with E-state index in [1.165, 1.54) is 6.07 Å². The van der Waals surface area contributed by atoms with Crippen molar-refractivity contribution >= 4 is 33.2 Å². The van der Waals surface area contributed by atoms with Crippen LogP contribution < -0.4 is 20.7 Å². The van der Waals surface area contributed by atoms with Gasteiger partial charge in [0, 0.05) is 35.2 Å². The molecule has 4 rings (SSSR count). The van der Waals surface area contributed by atoms with Gasteiger partial charge in [-0.25, -0.2) is 13.2 Å². The fraction of sp³-hybridized carbons (Fsp3) is 0.133. The third-order valence-electron chi connectivity index (χ3n) is 6.01. The van der Waals surface area contributed by atoms with Crippen molar-refractivity contribution in [2.45, 2.75) is 17.4 Å². The number of nitrogens with one attached hydrogen (secondary N) is 3. The Morgan fingerprint density at radius 3 is 2.05 bits per heavy atom. The second-order valence-electron chi connectivity index (χ2n) is 8.87. The molecule has 0 fully saturated rings. The predicted molar refractivity (Wildman–Crippen MR) is 153 cm³/mol. The number of hydrogen-bond acceptors (Lipinski definition) is 5. The fourth-order valence-corrected chi connectivity index (χ4v) is 5.02. The van der Waals surface area contributed by atoms with E-state index < -0.39 is 27.8 Å². The molecule has 4 aromatic carbocycles. The van der Waals surface area contributed by atoms with Crippen molar-refractivity contribution < 1.29 is 22.7 Å². The Morgan fingerprint density at radius 1 is 0.769 bits per heavy atom. The normalized spacial score (nSPS) is 11.7. The second kappa shape index (κ2) is 12.3. The summed E-state index contributed by atoms with van der Waals surface area (Å²) in [4.78, 5) is 26.6. The Labute approximate surface area is 228 Å². The molecule has 0 aliphatic rings. The average molecular weight is 544 g/mol. The third-order valence-corrected chi connectivity index (χ3v) is 7.17. The summed E-state index contributed by atoms with van der Waals surface area (Å²) in [6.07, 6.45) is 1.39. The molecule has 9 heteroatoms. The largest absolute Gasteiger partial charge is 0.497 e. The molecule has 0 unspecified atom stereocenters. The summed E-state index contributed by atoms with van der Waals surface area (Å²) in [5.41, 5.74) is 2.84. The Hall–Kier alpha value is -4.63. The van der Waals surface area contributed by atoms with E-state index in [0.29, 0.717) is 28.3 Å². The number of hydrogen-bond donors (Lipinski definition) is 3. The van der Waals surface area contributed by atoms with Crippen molar-refractivity contribution in [3.63, 3.8) is 0 Å². The standard InChI is InChI=1S/C30H29N3O5S/c1-38-23-18-16-22(17-19-23)31-30(35)33-27(20-21-10-4-3-5-11-21)29(34)32-26-14-8-6-12-24(26)25-13-7-9-15-28(25)39(2,36)37/h3-19,27H,20H2,1-2H3,(H,32,34)(H2,31,33,35)/t27-/m1/s1. The van der Waals surface area contributed by atoms with Crippen LogP contribution in [0.25, 0.3) is 11.1 Å². The van der Waals surface area contributed by atoms with Crippen LogP contribution in [-0.4, -0.2) is 39.8 Å². The van der Waals surface area contributed by atoms with Crippen molar-refractivity contribution in [2.75, 3.05) is 24.0 Å². The molecule has 39 heavy (non-hydrogen) atoms. The number of carbonyl (C=O) groups is 2. The first-order valence-corrected chi connectivity index (χ1v) is 14.1. The number of anilines is 2. The van der Waals surface area contributed by atoms with E-state index in [-0.39, 0.29) is 11.3 Å². The molecule has 0 saturated heterocycles. The summed E-state index contributed by atoms with van der Waals surface area (Å²) in [5, 5.41) is 8.41. The number of rotatable bonds is 9. The zero-order chi connectivity index (χ0) is 27.8. The van der Waals surface area contributed by atoms with Crippen molar-refractivity contribution in [2.24, 2.45) is 0 Å². The van der Waals surface area contributed by atoms with Crippen LogP contribution >= 0.6 is 0 Å². The summed E-state index contributed by atoms with van der Waals surface area (Å²) in [6, 6.07) is 28.3. The second-order valence-corrected chi connectivity index (χ2v) is 10.9. The molecule has 3 amide bonds. The van der Waals surface area contributed by atoms with Gasteiger partial charge in [0.15, 0.2) is 9.84 Å². The lowest BCUT2D eigenvalue weighted by atomic mass is 10.0. The fourth-order valence-electron chi connectivity index (χ4n) is 4.12. The van der Waals surface area contributed by atoms with E-state index in [2.05, 4.69) is 16.0 Å². The lowest BCUT2D eigenvalue weighted by Crippen LogP contribution is -2.47. The molecular weight excluding hydrogens is 514 g/mol. The van der Waals surface area contributed by atoms with Crippen molar-refractivity contribution in [3.05, 3.63) is 109 Å². The van der Waals surface area contributed by atoms with E-state index in [0.717, 1.165) is 11.8 Å². The van der Waals surface area contributed by atoms with Gasteiger partial charge >= 0.3 is 6.03 Å². The number of methoxy groups -OCH3 is 1. The molecule has 3 N–H and O–H groups in total. The Morgan fingerprint density at radius 2 is 1.38 bits per heavy atom. The first kappa shape index (κ1) is 27.4. The first-order chi connectivity index (χ1) is 18.7. The van der Waals surface area contributed by atoms with Gasteiger partial charge in [-0.3, -0.25) is 4.79 Å². The quantitative estimate of drug-likeness (QED) is 0.271.